The van der Waals surface area contributed by atoms with Crippen molar-refractivity contribution in [1.29, 1.82) is 0 Å². The van der Waals surface area contributed by atoms with Crippen molar-refractivity contribution in [3.8, 4) is 0 Å². The predicted molar refractivity (Wildman–Crippen MR) is 79.1 cm³/mol. The summed E-state index contributed by atoms with van der Waals surface area (Å²) in [7, 11) is -3.37. The van der Waals surface area contributed by atoms with E-state index in [0.717, 1.165) is 37.9 Å². The van der Waals surface area contributed by atoms with Crippen LogP contribution in [0.3, 0.4) is 0 Å². The Balaban J connectivity index is 1.98. The first kappa shape index (κ1) is 14.0. The number of rotatable bonds is 3. The maximum Gasteiger partial charge on any atom is 0.243 e. The Kier molecular flexibility index (Phi) is 3.84. The van der Waals surface area contributed by atoms with E-state index in [4.69, 9.17) is 0 Å². The molecule has 4 nitrogen and oxygen atoms in total. The van der Waals surface area contributed by atoms with Crippen LogP contribution < -0.4 is 5.32 Å². The molecule has 0 aliphatic carbocycles. The second-order valence-corrected chi connectivity index (χ2v) is 7.56. The van der Waals surface area contributed by atoms with Crippen LogP contribution in [0.15, 0.2) is 29.2 Å². The Bertz CT molecular complexity index is 585. The van der Waals surface area contributed by atoms with Crippen LogP contribution in [-0.2, 0) is 16.4 Å². The highest BCUT2D eigenvalue weighted by molar-refractivity contribution is 7.89. The van der Waals surface area contributed by atoms with Crippen molar-refractivity contribution in [3.63, 3.8) is 0 Å². The van der Waals surface area contributed by atoms with Crippen molar-refractivity contribution >= 4 is 10.0 Å². The van der Waals surface area contributed by atoms with E-state index in [1.54, 1.807) is 10.4 Å². The lowest BCUT2D eigenvalue weighted by Crippen LogP contribution is -2.48. The SMILES string of the molecule is CCc1ccccc1S(=O)(=O)N1CCC[C@H]2CNC[C@H]21. The number of nitrogens with one attached hydrogen (secondary N) is 1. The number of benzene rings is 1. The van der Waals surface area contributed by atoms with E-state index in [0.29, 0.717) is 17.4 Å². The van der Waals surface area contributed by atoms with Gasteiger partial charge in [-0.1, -0.05) is 25.1 Å². The van der Waals surface area contributed by atoms with Crippen LogP contribution in [0.4, 0.5) is 0 Å². The minimum absolute atomic E-state index is 0.138. The summed E-state index contributed by atoms with van der Waals surface area (Å²) in [5.74, 6) is 0.479. The van der Waals surface area contributed by atoms with Crippen LogP contribution in [0.25, 0.3) is 0 Å². The number of hydrogen-bond donors (Lipinski definition) is 1. The van der Waals surface area contributed by atoms with E-state index in [1.165, 1.54) is 0 Å². The van der Waals surface area contributed by atoms with Gasteiger partial charge in [0.25, 0.3) is 0 Å². The van der Waals surface area contributed by atoms with Crippen LogP contribution in [0, 0.1) is 5.92 Å². The van der Waals surface area contributed by atoms with Gasteiger partial charge in [-0.15, -0.1) is 0 Å². The third-order valence-corrected chi connectivity index (χ3v) is 6.59. The minimum atomic E-state index is -3.37. The topological polar surface area (TPSA) is 49.4 Å². The predicted octanol–water partition coefficient (Wildman–Crippen LogP) is 1.62. The Hall–Kier alpha value is -0.910. The zero-order valence-electron chi connectivity index (χ0n) is 11.9. The maximum absolute atomic E-state index is 13.0. The Labute approximate surface area is 121 Å². The summed E-state index contributed by atoms with van der Waals surface area (Å²) in [5.41, 5.74) is 0.917. The summed E-state index contributed by atoms with van der Waals surface area (Å²) >= 11 is 0. The van der Waals surface area contributed by atoms with Gasteiger partial charge in [-0.3, -0.25) is 0 Å². The van der Waals surface area contributed by atoms with Gasteiger partial charge in [0, 0.05) is 19.1 Å². The molecule has 5 heteroatoms. The highest BCUT2D eigenvalue weighted by Gasteiger charge is 2.41. The number of fused-ring (bicyclic) bond motifs is 1. The van der Waals surface area contributed by atoms with Gasteiger partial charge in [0.1, 0.15) is 0 Å². The highest BCUT2D eigenvalue weighted by Crippen LogP contribution is 2.32. The molecular formula is C15H22N2O2S. The van der Waals surface area contributed by atoms with E-state index in [9.17, 15) is 8.42 Å². The van der Waals surface area contributed by atoms with E-state index >= 15 is 0 Å². The molecule has 2 fully saturated rings. The normalized spacial score (nSPS) is 27.4. The molecule has 2 heterocycles. The molecule has 0 amide bonds. The zero-order chi connectivity index (χ0) is 14.2. The van der Waals surface area contributed by atoms with Crippen LogP contribution in [0.2, 0.25) is 0 Å². The monoisotopic (exact) mass is 294 g/mol. The summed E-state index contributed by atoms with van der Waals surface area (Å²) in [6.45, 7) is 4.40. The molecule has 2 aliphatic rings. The van der Waals surface area contributed by atoms with E-state index in [2.05, 4.69) is 5.32 Å². The Morgan fingerprint density at radius 3 is 2.90 bits per heavy atom. The van der Waals surface area contributed by atoms with Gasteiger partial charge in [0.2, 0.25) is 10.0 Å². The molecule has 1 aromatic rings. The van der Waals surface area contributed by atoms with Gasteiger partial charge in [-0.25, -0.2) is 8.42 Å². The smallest absolute Gasteiger partial charge is 0.243 e. The quantitative estimate of drug-likeness (QED) is 0.921. The first-order valence-corrected chi connectivity index (χ1v) is 8.89. The second-order valence-electron chi connectivity index (χ2n) is 5.70. The van der Waals surface area contributed by atoms with Crippen molar-refractivity contribution < 1.29 is 8.42 Å². The number of sulfonamides is 1. The average molecular weight is 294 g/mol. The van der Waals surface area contributed by atoms with Gasteiger partial charge in [0.15, 0.2) is 0 Å². The molecule has 0 bridgehead atoms. The van der Waals surface area contributed by atoms with Gasteiger partial charge < -0.3 is 5.32 Å². The first-order valence-electron chi connectivity index (χ1n) is 7.45. The minimum Gasteiger partial charge on any atom is -0.315 e. The van der Waals surface area contributed by atoms with Crippen molar-refractivity contribution in [2.24, 2.45) is 5.92 Å². The lowest BCUT2D eigenvalue weighted by atomic mass is 9.94. The lowest BCUT2D eigenvalue weighted by molar-refractivity contribution is 0.217. The van der Waals surface area contributed by atoms with Crippen LogP contribution in [0.5, 0.6) is 0 Å². The molecule has 2 atom stereocenters. The summed E-state index contributed by atoms with van der Waals surface area (Å²) in [6, 6.07) is 7.54. The fourth-order valence-corrected chi connectivity index (χ4v) is 5.52. The summed E-state index contributed by atoms with van der Waals surface area (Å²) < 4.78 is 27.8. The summed E-state index contributed by atoms with van der Waals surface area (Å²) in [6.07, 6.45) is 2.85. The maximum atomic E-state index is 13.0. The van der Waals surface area contributed by atoms with Gasteiger partial charge in [0.05, 0.1) is 4.90 Å². The molecular weight excluding hydrogens is 272 g/mol. The van der Waals surface area contributed by atoms with Crippen LogP contribution in [-0.4, -0.2) is 38.4 Å². The molecule has 2 saturated heterocycles. The standard InChI is InChI=1S/C15H22N2O2S/c1-2-12-6-3-4-8-15(12)20(18,19)17-9-5-7-13-10-16-11-14(13)17/h3-4,6,8,13-14,16H,2,5,7,9-11H2,1H3/t13-,14+/m0/s1. The molecule has 1 aromatic carbocycles. The van der Waals surface area contributed by atoms with E-state index < -0.39 is 10.0 Å². The summed E-state index contributed by atoms with van der Waals surface area (Å²) in [4.78, 5) is 0.495. The number of aryl methyl sites for hydroxylation is 1. The Morgan fingerprint density at radius 1 is 1.30 bits per heavy atom. The van der Waals surface area contributed by atoms with Gasteiger partial charge >= 0.3 is 0 Å². The molecule has 0 saturated carbocycles. The number of hydrogen-bond acceptors (Lipinski definition) is 3. The molecule has 20 heavy (non-hydrogen) atoms. The molecule has 0 aromatic heterocycles. The average Bonchev–Trinajstić information content (AvgIpc) is 2.95. The van der Waals surface area contributed by atoms with Gasteiger partial charge in [-0.2, -0.15) is 4.31 Å². The van der Waals surface area contributed by atoms with Crippen LogP contribution >= 0.6 is 0 Å². The first-order chi connectivity index (χ1) is 9.64. The van der Waals surface area contributed by atoms with E-state index in [1.807, 2.05) is 25.1 Å². The van der Waals surface area contributed by atoms with E-state index in [-0.39, 0.29) is 6.04 Å². The molecule has 3 rings (SSSR count). The van der Waals surface area contributed by atoms with Crippen molar-refractivity contribution in [1.82, 2.24) is 9.62 Å². The zero-order valence-corrected chi connectivity index (χ0v) is 12.7. The summed E-state index contributed by atoms with van der Waals surface area (Å²) in [5, 5.41) is 3.34. The van der Waals surface area contributed by atoms with Crippen molar-refractivity contribution in [2.75, 3.05) is 19.6 Å². The van der Waals surface area contributed by atoms with Crippen LogP contribution in [0.1, 0.15) is 25.3 Å². The van der Waals surface area contributed by atoms with Crippen molar-refractivity contribution in [3.05, 3.63) is 29.8 Å². The molecule has 0 unspecified atom stereocenters. The number of nitrogens with zero attached hydrogens (tertiary/aromatic N) is 1. The Morgan fingerprint density at radius 2 is 2.10 bits per heavy atom. The fourth-order valence-electron chi connectivity index (χ4n) is 3.50. The highest BCUT2D eigenvalue weighted by atomic mass is 32.2. The molecule has 1 N–H and O–H groups in total. The third-order valence-electron chi connectivity index (χ3n) is 4.57. The van der Waals surface area contributed by atoms with Crippen molar-refractivity contribution in [2.45, 2.75) is 37.1 Å². The molecule has 0 radical (unpaired) electrons. The fraction of sp³-hybridized carbons (Fsp3) is 0.600. The molecule has 0 spiro atoms. The molecule has 2 aliphatic heterocycles. The largest absolute Gasteiger partial charge is 0.315 e. The number of piperidine rings is 1. The second kappa shape index (κ2) is 5.47. The van der Waals surface area contributed by atoms with Gasteiger partial charge in [-0.05, 0) is 43.4 Å². The molecule has 110 valence electrons. The lowest BCUT2D eigenvalue weighted by Gasteiger charge is -2.36. The third kappa shape index (κ3) is 2.28.